The Bertz CT molecular complexity index is 774. The zero-order valence-corrected chi connectivity index (χ0v) is 11.8. The van der Waals surface area contributed by atoms with Crippen molar-refractivity contribution in [1.29, 1.82) is 0 Å². The molecule has 0 fully saturated rings. The lowest BCUT2D eigenvalue weighted by atomic mass is 10.1. The molecule has 0 aliphatic rings. The Balaban J connectivity index is 1.90. The minimum atomic E-state index is -0.412. The summed E-state index contributed by atoms with van der Waals surface area (Å²) < 4.78 is 0. The molecular formula is C14H12N4O2S. The van der Waals surface area contributed by atoms with Crippen molar-refractivity contribution < 1.29 is 4.92 Å². The van der Waals surface area contributed by atoms with Crippen LogP contribution in [0.15, 0.2) is 42.0 Å². The first-order chi connectivity index (χ1) is 10.3. The van der Waals surface area contributed by atoms with E-state index in [9.17, 15) is 10.1 Å². The van der Waals surface area contributed by atoms with Crippen molar-refractivity contribution >= 4 is 33.6 Å². The van der Waals surface area contributed by atoms with Gasteiger partial charge in [0.2, 0.25) is 0 Å². The van der Waals surface area contributed by atoms with Gasteiger partial charge in [-0.15, -0.1) is 11.3 Å². The normalized spacial score (nSPS) is 10.7. The molecule has 6 nitrogen and oxygen atoms in total. The third-order valence-corrected chi connectivity index (χ3v) is 3.92. The van der Waals surface area contributed by atoms with E-state index in [2.05, 4.69) is 15.3 Å². The van der Waals surface area contributed by atoms with Crippen LogP contribution in [-0.4, -0.2) is 21.4 Å². The van der Waals surface area contributed by atoms with Gasteiger partial charge in [0, 0.05) is 29.9 Å². The fourth-order valence-electron chi connectivity index (χ4n) is 2.13. The largest absolute Gasteiger partial charge is 0.378 e. The molecule has 0 atom stereocenters. The number of hydrogen-bond acceptors (Lipinski definition) is 6. The summed E-state index contributed by atoms with van der Waals surface area (Å²) in [7, 11) is 0. The Morgan fingerprint density at radius 3 is 2.90 bits per heavy atom. The number of thiazole rings is 1. The summed E-state index contributed by atoms with van der Waals surface area (Å²) in [6.45, 7) is 0.586. The van der Waals surface area contributed by atoms with E-state index in [4.69, 9.17) is 0 Å². The average Bonchev–Trinajstić information content (AvgIpc) is 3.00. The predicted octanol–water partition coefficient (Wildman–Crippen LogP) is 3.25. The average molecular weight is 300 g/mol. The van der Waals surface area contributed by atoms with Crippen LogP contribution in [0.25, 0.3) is 10.9 Å². The highest BCUT2D eigenvalue weighted by atomic mass is 32.1. The zero-order valence-electron chi connectivity index (χ0n) is 11.0. The number of nitrogens with zero attached hydrogens (tertiary/aromatic N) is 3. The second kappa shape index (κ2) is 5.84. The number of nitrogens with one attached hydrogen (secondary N) is 1. The number of nitro groups is 1. The van der Waals surface area contributed by atoms with E-state index in [1.165, 1.54) is 6.20 Å². The van der Waals surface area contributed by atoms with Crippen LogP contribution >= 0.6 is 11.3 Å². The smallest absolute Gasteiger partial charge is 0.311 e. The van der Waals surface area contributed by atoms with Gasteiger partial charge in [0.1, 0.15) is 11.9 Å². The topological polar surface area (TPSA) is 81.0 Å². The van der Waals surface area contributed by atoms with E-state index in [1.54, 1.807) is 17.5 Å². The summed E-state index contributed by atoms with van der Waals surface area (Å²) in [6, 6.07) is 7.38. The Morgan fingerprint density at radius 2 is 2.14 bits per heavy atom. The van der Waals surface area contributed by atoms with Gasteiger partial charge in [-0.3, -0.25) is 10.1 Å². The van der Waals surface area contributed by atoms with E-state index in [0.29, 0.717) is 12.2 Å². The number of anilines is 1. The van der Waals surface area contributed by atoms with Gasteiger partial charge in [0.05, 0.1) is 15.4 Å². The van der Waals surface area contributed by atoms with Crippen molar-refractivity contribution in [2.75, 3.05) is 11.9 Å². The van der Waals surface area contributed by atoms with Crippen molar-refractivity contribution in [3.63, 3.8) is 0 Å². The highest BCUT2D eigenvalue weighted by Crippen LogP contribution is 2.31. The number of fused-ring (bicyclic) bond motifs is 1. The van der Waals surface area contributed by atoms with Gasteiger partial charge >= 0.3 is 5.69 Å². The first-order valence-corrected chi connectivity index (χ1v) is 7.28. The summed E-state index contributed by atoms with van der Waals surface area (Å²) in [5.41, 5.74) is 1.25. The monoisotopic (exact) mass is 300 g/mol. The van der Waals surface area contributed by atoms with Crippen molar-refractivity contribution in [2.45, 2.75) is 6.42 Å². The van der Waals surface area contributed by atoms with E-state index >= 15 is 0 Å². The van der Waals surface area contributed by atoms with Crippen LogP contribution in [0.2, 0.25) is 0 Å². The van der Waals surface area contributed by atoms with Crippen LogP contribution < -0.4 is 5.32 Å². The molecule has 1 aromatic carbocycles. The van der Waals surface area contributed by atoms with E-state index in [1.807, 2.05) is 29.6 Å². The van der Waals surface area contributed by atoms with Gasteiger partial charge in [-0.1, -0.05) is 18.2 Å². The molecular weight excluding hydrogens is 288 g/mol. The van der Waals surface area contributed by atoms with Gasteiger partial charge in [-0.25, -0.2) is 9.97 Å². The SMILES string of the molecule is O=[N+]([O-])c1cnc2ccccc2c1NCCc1nccs1. The summed E-state index contributed by atoms with van der Waals surface area (Å²) in [5.74, 6) is 0. The molecule has 106 valence electrons. The summed E-state index contributed by atoms with van der Waals surface area (Å²) in [6.07, 6.45) is 3.78. The molecule has 0 radical (unpaired) electrons. The molecule has 0 spiro atoms. The van der Waals surface area contributed by atoms with Crippen LogP contribution in [0.1, 0.15) is 5.01 Å². The molecule has 2 aromatic heterocycles. The first kappa shape index (κ1) is 13.4. The molecule has 0 unspecified atom stereocenters. The van der Waals surface area contributed by atoms with Gasteiger partial charge in [0.25, 0.3) is 0 Å². The lowest BCUT2D eigenvalue weighted by Crippen LogP contribution is -2.07. The van der Waals surface area contributed by atoms with E-state index in [-0.39, 0.29) is 5.69 Å². The van der Waals surface area contributed by atoms with Crippen LogP contribution in [-0.2, 0) is 6.42 Å². The Kier molecular flexibility index (Phi) is 3.74. The molecule has 0 saturated heterocycles. The lowest BCUT2D eigenvalue weighted by Gasteiger charge is -2.09. The fraction of sp³-hybridized carbons (Fsp3) is 0.143. The maximum Gasteiger partial charge on any atom is 0.311 e. The number of rotatable bonds is 5. The molecule has 0 aliphatic heterocycles. The Hall–Kier alpha value is -2.54. The lowest BCUT2D eigenvalue weighted by molar-refractivity contribution is -0.384. The molecule has 0 aliphatic carbocycles. The number of benzene rings is 1. The van der Waals surface area contributed by atoms with Gasteiger partial charge in [-0.2, -0.15) is 0 Å². The first-order valence-electron chi connectivity index (χ1n) is 6.40. The minimum Gasteiger partial charge on any atom is -0.378 e. The standard InChI is InChI=1S/C14H12N4O2S/c19-18(20)12-9-17-11-4-2-1-3-10(11)14(12)16-6-5-13-15-7-8-21-13/h1-4,7-9H,5-6H2,(H,16,17). The molecule has 3 rings (SSSR count). The van der Waals surface area contributed by atoms with E-state index in [0.717, 1.165) is 22.3 Å². The van der Waals surface area contributed by atoms with Crippen molar-refractivity contribution in [3.05, 3.63) is 57.2 Å². The number of hydrogen-bond donors (Lipinski definition) is 1. The van der Waals surface area contributed by atoms with Gasteiger partial charge < -0.3 is 5.32 Å². The molecule has 7 heteroatoms. The minimum absolute atomic E-state index is 0.00663. The number of aromatic nitrogens is 2. The van der Waals surface area contributed by atoms with Gasteiger partial charge in [-0.05, 0) is 6.07 Å². The molecule has 21 heavy (non-hydrogen) atoms. The van der Waals surface area contributed by atoms with Crippen molar-refractivity contribution in [3.8, 4) is 0 Å². The maximum atomic E-state index is 11.2. The molecule has 0 bridgehead atoms. The van der Waals surface area contributed by atoms with Crippen LogP contribution in [0.4, 0.5) is 11.4 Å². The molecule has 2 heterocycles. The zero-order chi connectivity index (χ0) is 14.7. The van der Waals surface area contributed by atoms with Crippen molar-refractivity contribution in [1.82, 2.24) is 9.97 Å². The maximum absolute atomic E-state index is 11.2. The van der Waals surface area contributed by atoms with Crippen LogP contribution in [0.5, 0.6) is 0 Å². The second-order valence-electron chi connectivity index (χ2n) is 4.40. The molecule has 1 N–H and O–H groups in total. The summed E-state index contributed by atoms with van der Waals surface area (Å²) in [5, 5.41) is 18.0. The van der Waals surface area contributed by atoms with E-state index < -0.39 is 4.92 Å². The molecule has 3 aromatic rings. The van der Waals surface area contributed by atoms with Crippen molar-refractivity contribution in [2.24, 2.45) is 0 Å². The van der Waals surface area contributed by atoms with Gasteiger partial charge in [0.15, 0.2) is 0 Å². The number of para-hydroxylation sites is 1. The van der Waals surface area contributed by atoms with Crippen LogP contribution in [0.3, 0.4) is 0 Å². The number of pyridine rings is 1. The predicted molar refractivity (Wildman–Crippen MR) is 82.7 cm³/mol. The summed E-state index contributed by atoms with van der Waals surface area (Å²) >= 11 is 1.57. The quantitative estimate of drug-likeness (QED) is 0.578. The second-order valence-corrected chi connectivity index (χ2v) is 5.37. The summed E-state index contributed by atoms with van der Waals surface area (Å²) in [4.78, 5) is 19.1. The highest BCUT2D eigenvalue weighted by Gasteiger charge is 2.17. The third-order valence-electron chi connectivity index (χ3n) is 3.08. The Morgan fingerprint density at radius 1 is 1.29 bits per heavy atom. The molecule has 0 saturated carbocycles. The fourth-order valence-corrected chi connectivity index (χ4v) is 2.75. The highest BCUT2D eigenvalue weighted by molar-refractivity contribution is 7.09. The molecule has 0 amide bonds. The van der Waals surface area contributed by atoms with Crippen LogP contribution in [0, 0.1) is 10.1 Å². The third kappa shape index (κ3) is 2.82. The Labute approximate surface area is 124 Å².